The van der Waals surface area contributed by atoms with Crippen molar-refractivity contribution in [2.45, 2.75) is 79.1 Å². The molecule has 0 saturated heterocycles. The van der Waals surface area contributed by atoms with Crippen LogP contribution in [-0.2, 0) is 13.4 Å². The molecule has 2 aromatic rings. The summed E-state index contributed by atoms with van der Waals surface area (Å²) >= 11 is 0. The Morgan fingerprint density at radius 1 is 0.571 bits per heavy atom. The van der Waals surface area contributed by atoms with Crippen molar-refractivity contribution < 1.29 is 91.4 Å². The Hall–Kier alpha value is 0.380. The third-order valence-corrected chi connectivity index (χ3v) is 7.66. The summed E-state index contributed by atoms with van der Waals surface area (Å²) in [6.45, 7) is 15.1. The Bertz CT molecular complexity index is 936. The van der Waals surface area contributed by atoms with E-state index in [1.165, 1.54) is 0 Å². The molecule has 35 heavy (non-hydrogen) atoms. The standard InChI is InChI=1S/C24H36O7P2.2Na/c1-15(2)19-11-9-12-20(16(3)4)23(19)29-32(25,26)31-33(27,28)30-24-21(17(5)6)13-10-14-22(24)18(7)8;;/h9-18H,1-8H3,(H,25,26)(H,27,28);;/q;2*+1/p-2. The van der Waals surface area contributed by atoms with E-state index in [-0.39, 0.29) is 94.3 Å². The van der Waals surface area contributed by atoms with E-state index in [4.69, 9.17) is 9.05 Å². The van der Waals surface area contributed by atoms with E-state index in [0.717, 1.165) is 0 Å². The van der Waals surface area contributed by atoms with E-state index in [2.05, 4.69) is 4.31 Å². The first kappa shape index (κ1) is 35.4. The number of phosphoric acid groups is 2. The van der Waals surface area contributed by atoms with E-state index in [1.54, 1.807) is 24.3 Å². The molecule has 0 fully saturated rings. The zero-order chi connectivity index (χ0) is 25.1. The summed E-state index contributed by atoms with van der Waals surface area (Å²) in [4.78, 5) is 25.4. The summed E-state index contributed by atoms with van der Waals surface area (Å²) in [6.07, 6.45) is 0. The first-order valence-corrected chi connectivity index (χ1v) is 14.1. The second-order valence-corrected chi connectivity index (χ2v) is 12.1. The number of phosphoric ester groups is 2. The van der Waals surface area contributed by atoms with Crippen molar-refractivity contribution in [3.63, 3.8) is 0 Å². The smallest absolute Gasteiger partial charge is 0.746 e. The Kier molecular flexibility index (Phi) is 14.7. The van der Waals surface area contributed by atoms with Gasteiger partial charge in [0.05, 0.1) is 0 Å². The van der Waals surface area contributed by atoms with Gasteiger partial charge in [0.25, 0.3) is 0 Å². The van der Waals surface area contributed by atoms with Crippen LogP contribution in [0.2, 0.25) is 0 Å². The number of hydrogen-bond donors (Lipinski definition) is 0. The second-order valence-electron chi connectivity index (χ2n) is 9.31. The molecule has 0 aromatic heterocycles. The minimum absolute atomic E-state index is 0. The molecule has 0 heterocycles. The maximum Gasteiger partial charge on any atom is 1.00 e. The fourth-order valence-electron chi connectivity index (χ4n) is 3.56. The van der Waals surface area contributed by atoms with Gasteiger partial charge in [-0.25, -0.2) is 4.31 Å². The Morgan fingerprint density at radius 3 is 1.00 bits per heavy atom. The van der Waals surface area contributed by atoms with E-state index in [9.17, 15) is 18.9 Å². The molecule has 0 aliphatic heterocycles. The van der Waals surface area contributed by atoms with E-state index in [1.807, 2.05) is 67.5 Å². The predicted octanol–water partition coefficient (Wildman–Crippen LogP) is 0.599. The van der Waals surface area contributed by atoms with Crippen molar-refractivity contribution >= 4 is 15.6 Å². The van der Waals surface area contributed by atoms with Crippen molar-refractivity contribution in [3.05, 3.63) is 58.7 Å². The summed E-state index contributed by atoms with van der Waals surface area (Å²) < 4.78 is 40.5. The minimum atomic E-state index is -5.33. The van der Waals surface area contributed by atoms with Gasteiger partial charge in [0.15, 0.2) is 0 Å². The average Bonchev–Trinajstić information content (AvgIpc) is 2.65. The molecular formula is C24H34Na2O7P2. The van der Waals surface area contributed by atoms with Crippen LogP contribution in [-0.4, -0.2) is 0 Å². The van der Waals surface area contributed by atoms with Gasteiger partial charge in [-0.1, -0.05) is 91.8 Å². The zero-order valence-corrected chi connectivity index (χ0v) is 28.3. The summed E-state index contributed by atoms with van der Waals surface area (Å²) in [5.41, 5.74) is 2.54. The van der Waals surface area contributed by atoms with Crippen LogP contribution in [0.1, 0.15) is 101 Å². The zero-order valence-electron chi connectivity index (χ0n) is 22.5. The van der Waals surface area contributed by atoms with Crippen LogP contribution in [0.15, 0.2) is 36.4 Å². The average molecular weight is 542 g/mol. The quantitative estimate of drug-likeness (QED) is 0.320. The van der Waals surface area contributed by atoms with Crippen LogP contribution in [0.5, 0.6) is 11.5 Å². The second kappa shape index (κ2) is 14.5. The molecule has 11 heteroatoms. The van der Waals surface area contributed by atoms with Crippen molar-refractivity contribution in [2.75, 3.05) is 0 Å². The van der Waals surface area contributed by atoms with Gasteiger partial charge in [0, 0.05) is 0 Å². The van der Waals surface area contributed by atoms with Gasteiger partial charge in [0.2, 0.25) is 0 Å². The van der Waals surface area contributed by atoms with Gasteiger partial charge in [-0.05, 0) is 45.9 Å². The van der Waals surface area contributed by atoms with E-state index in [0.29, 0.717) is 22.3 Å². The monoisotopic (exact) mass is 542 g/mol. The van der Waals surface area contributed by atoms with Gasteiger partial charge < -0.3 is 18.8 Å². The van der Waals surface area contributed by atoms with Gasteiger partial charge in [-0.3, -0.25) is 9.13 Å². The van der Waals surface area contributed by atoms with Gasteiger partial charge in [0.1, 0.15) is 11.5 Å². The van der Waals surface area contributed by atoms with Crippen LogP contribution in [0.25, 0.3) is 0 Å². The molecule has 184 valence electrons. The van der Waals surface area contributed by atoms with Crippen molar-refractivity contribution in [1.29, 1.82) is 0 Å². The molecule has 7 nitrogen and oxygen atoms in total. The maximum absolute atomic E-state index is 12.7. The third-order valence-electron chi connectivity index (χ3n) is 5.25. The van der Waals surface area contributed by atoms with Crippen molar-refractivity contribution in [1.82, 2.24) is 0 Å². The fourth-order valence-corrected chi connectivity index (χ4v) is 5.67. The summed E-state index contributed by atoms with van der Waals surface area (Å²) in [5, 5.41) is 0. The molecule has 0 radical (unpaired) electrons. The number of benzene rings is 2. The van der Waals surface area contributed by atoms with Crippen LogP contribution in [0, 0.1) is 0 Å². The summed E-state index contributed by atoms with van der Waals surface area (Å²) in [5.74, 6) is -0.0420. The van der Waals surface area contributed by atoms with Crippen LogP contribution in [0.4, 0.5) is 0 Å². The maximum atomic E-state index is 12.7. The number of hydrogen-bond acceptors (Lipinski definition) is 7. The first-order valence-electron chi connectivity index (χ1n) is 11.1. The largest absolute Gasteiger partial charge is 1.00 e. The molecule has 0 bridgehead atoms. The van der Waals surface area contributed by atoms with Gasteiger partial charge in [-0.2, -0.15) is 0 Å². The van der Waals surface area contributed by atoms with Crippen LogP contribution < -0.4 is 77.9 Å². The Morgan fingerprint density at radius 2 is 0.800 bits per heavy atom. The Labute approximate surface area is 254 Å². The molecule has 0 saturated carbocycles. The molecule has 2 rings (SSSR count). The molecule has 0 N–H and O–H groups in total. The molecular weight excluding hydrogens is 508 g/mol. The molecule has 0 aliphatic carbocycles. The molecule has 0 amide bonds. The fraction of sp³-hybridized carbons (Fsp3) is 0.500. The van der Waals surface area contributed by atoms with E-state index >= 15 is 0 Å². The van der Waals surface area contributed by atoms with E-state index < -0.39 is 15.6 Å². The van der Waals surface area contributed by atoms with Crippen molar-refractivity contribution in [3.8, 4) is 11.5 Å². The van der Waals surface area contributed by atoms with Gasteiger partial charge in [-0.15, -0.1) is 0 Å². The molecule has 0 spiro atoms. The molecule has 2 atom stereocenters. The molecule has 2 unspecified atom stereocenters. The minimum Gasteiger partial charge on any atom is -0.746 e. The summed E-state index contributed by atoms with van der Waals surface area (Å²) in [7, 11) is -10.7. The Balaban J connectivity index is 0.00000578. The molecule has 0 aliphatic rings. The summed E-state index contributed by atoms with van der Waals surface area (Å²) in [6, 6.07) is 10.6. The SMILES string of the molecule is CC(C)c1cccc(C(C)C)c1OP(=O)([O-])OP(=O)([O-])Oc1c(C(C)C)cccc1C(C)C.[Na+].[Na+]. The normalized spacial score (nSPS) is 14.8. The third kappa shape index (κ3) is 9.89. The molecule has 2 aromatic carbocycles. The predicted molar refractivity (Wildman–Crippen MR) is 127 cm³/mol. The van der Waals surface area contributed by atoms with Gasteiger partial charge >= 0.3 is 74.8 Å². The van der Waals surface area contributed by atoms with Crippen molar-refractivity contribution in [2.24, 2.45) is 0 Å². The number of rotatable bonds is 10. The first-order chi connectivity index (χ1) is 15.1. The van der Waals surface area contributed by atoms with Crippen LogP contribution in [0.3, 0.4) is 0 Å². The number of para-hydroxylation sites is 2. The topological polar surface area (TPSA) is 108 Å². The van der Waals surface area contributed by atoms with Crippen LogP contribution >= 0.6 is 15.6 Å².